The molecular weight excluding hydrogens is 468 g/mol. The number of aromatic nitrogens is 6. The summed E-state index contributed by atoms with van der Waals surface area (Å²) in [6.07, 6.45) is 2.93. The molecule has 3 aromatic rings. The van der Waals surface area contributed by atoms with Crippen LogP contribution < -0.4 is 4.74 Å². The predicted octanol–water partition coefficient (Wildman–Crippen LogP) is 2.55. The van der Waals surface area contributed by atoms with Crippen LogP contribution in [0, 0.1) is 5.92 Å². The number of hydrogen-bond acceptors (Lipinski definition) is 9. The van der Waals surface area contributed by atoms with Gasteiger partial charge in [0.15, 0.2) is 15.7 Å². The SMILES string of the molecule is COc1cccc(-c2nnc(CS(=O)(=O)[C@@H](C)[C@H](C)c3ncc(Cl)cn3)n2CC2COC2)n1. The van der Waals surface area contributed by atoms with Crippen LogP contribution in [0.1, 0.15) is 31.4 Å². The van der Waals surface area contributed by atoms with Gasteiger partial charge in [0.2, 0.25) is 5.88 Å². The number of pyridine rings is 1. The molecule has 1 saturated heterocycles. The van der Waals surface area contributed by atoms with Gasteiger partial charge in [-0.1, -0.05) is 24.6 Å². The van der Waals surface area contributed by atoms with Crippen molar-refractivity contribution >= 4 is 21.4 Å². The summed E-state index contributed by atoms with van der Waals surface area (Å²) in [5.74, 6) is 1.27. The second-order valence-electron chi connectivity index (χ2n) is 8.08. The van der Waals surface area contributed by atoms with Crippen LogP contribution in [-0.4, -0.2) is 63.7 Å². The van der Waals surface area contributed by atoms with Gasteiger partial charge in [-0.3, -0.25) is 0 Å². The molecule has 0 aromatic carbocycles. The van der Waals surface area contributed by atoms with Gasteiger partial charge in [-0.05, 0) is 13.0 Å². The van der Waals surface area contributed by atoms with Gasteiger partial charge < -0.3 is 14.0 Å². The van der Waals surface area contributed by atoms with E-state index in [4.69, 9.17) is 21.1 Å². The van der Waals surface area contributed by atoms with Crippen molar-refractivity contribution in [3.8, 4) is 17.4 Å². The van der Waals surface area contributed by atoms with Crippen molar-refractivity contribution in [3.63, 3.8) is 0 Å². The zero-order valence-corrected chi connectivity index (χ0v) is 20.1. The molecule has 1 fully saturated rings. The molecule has 2 atom stereocenters. The predicted molar refractivity (Wildman–Crippen MR) is 122 cm³/mol. The zero-order chi connectivity index (χ0) is 23.6. The van der Waals surface area contributed by atoms with Crippen LogP contribution in [0.5, 0.6) is 5.88 Å². The lowest BCUT2D eigenvalue weighted by Crippen LogP contribution is -2.33. The molecule has 176 valence electrons. The van der Waals surface area contributed by atoms with Crippen molar-refractivity contribution in [1.82, 2.24) is 29.7 Å². The van der Waals surface area contributed by atoms with E-state index in [0.717, 1.165) is 0 Å². The van der Waals surface area contributed by atoms with E-state index in [1.807, 2.05) is 4.57 Å². The summed E-state index contributed by atoms with van der Waals surface area (Å²) in [4.78, 5) is 12.8. The topological polar surface area (TPSA) is 122 Å². The van der Waals surface area contributed by atoms with Gasteiger partial charge in [-0.15, -0.1) is 10.2 Å². The molecule has 0 bridgehead atoms. The summed E-state index contributed by atoms with van der Waals surface area (Å²) in [5.41, 5.74) is 0.557. The van der Waals surface area contributed by atoms with Crippen molar-refractivity contribution in [2.45, 2.75) is 37.3 Å². The minimum absolute atomic E-state index is 0.255. The maximum Gasteiger partial charge on any atom is 0.213 e. The normalized spacial score (nSPS) is 16.2. The Bertz CT molecular complexity index is 1210. The molecule has 3 aromatic heterocycles. The highest BCUT2D eigenvalue weighted by atomic mass is 35.5. The Labute approximate surface area is 197 Å². The molecule has 0 saturated carbocycles. The third-order valence-electron chi connectivity index (χ3n) is 5.79. The number of halogens is 1. The third-order valence-corrected chi connectivity index (χ3v) is 8.18. The van der Waals surface area contributed by atoms with E-state index in [9.17, 15) is 8.42 Å². The summed E-state index contributed by atoms with van der Waals surface area (Å²) in [7, 11) is -2.08. The van der Waals surface area contributed by atoms with Crippen LogP contribution in [0.3, 0.4) is 0 Å². The summed E-state index contributed by atoms with van der Waals surface area (Å²) in [5, 5.41) is 8.17. The maximum atomic E-state index is 13.3. The minimum Gasteiger partial charge on any atom is -0.481 e. The van der Waals surface area contributed by atoms with Crippen LogP contribution in [0.15, 0.2) is 30.6 Å². The van der Waals surface area contributed by atoms with Crippen molar-refractivity contribution in [3.05, 3.63) is 47.3 Å². The first-order valence-electron chi connectivity index (χ1n) is 10.5. The number of nitrogens with zero attached hydrogens (tertiary/aromatic N) is 6. The average Bonchev–Trinajstić information content (AvgIpc) is 3.17. The van der Waals surface area contributed by atoms with E-state index in [2.05, 4.69) is 25.1 Å². The van der Waals surface area contributed by atoms with Crippen LogP contribution >= 0.6 is 11.6 Å². The summed E-state index contributed by atoms with van der Waals surface area (Å²) in [6.45, 7) is 5.19. The number of methoxy groups -OCH3 is 1. The highest BCUT2D eigenvalue weighted by Crippen LogP contribution is 2.27. The third kappa shape index (κ3) is 5.15. The Kier molecular flexibility index (Phi) is 6.91. The summed E-state index contributed by atoms with van der Waals surface area (Å²) >= 11 is 5.86. The molecule has 4 heterocycles. The Hall–Kier alpha value is -2.63. The quantitative estimate of drug-likeness (QED) is 0.443. The molecular formula is C21H25ClN6O4S. The molecule has 0 unspecified atom stereocenters. The van der Waals surface area contributed by atoms with Crippen molar-refractivity contribution < 1.29 is 17.9 Å². The van der Waals surface area contributed by atoms with Gasteiger partial charge in [-0.2, -0.15) is 0 Å². The molecule has 0 radical (unpaired) electrons. The maximum absolute atomic E-state index is 13.3. The number of ether oxygens (including phenoxy) is 2. The standard InChI is InChI=1S/C21H25ClN6O4S/c1-13(20-23-7-16(22)8-24-20)14(2)33(29,30)12-18-26-27-21(28(18)9-15-10-32-11-15)17-5-4-6-19(25-17)31-3/h4-8,13-15H,9-12H2,1-3H3/t13-,14-/m0/s1. The molecule has 4 rings (SSSR count). The smallest absolute Gasteiger partial charge is 0.213 e. The van der Waals surface area contributed by atoms with Gasteiger partial charge in [0.25, 0.3) is 0 Å². The van der Waals surface area contributed by atoms with Crippen molar-refractivity contribution in [2.75, 3.05) is 20.3 Å². The van der Waals surface area contributed by atoms with Crippen LogP contribution in [0.25, 0.3) is 11.5 Å². The number of hydrogen-bond donors (Lipinski definition) is 0. The fraction of sp³-hybridized carbons (Fsp3) is 0.476. The first-order valence-corrected chi connectivity index (χ1v) is 12.6. The fourth-order valence-corrected chi connectivity index (χ4v) is 5.19. The Balaban J connectivity index is 1.63. The fourth-order valence-electron chi connectivity index (χ4n) is 3.51. The molecule has 1 aliphatic rings. The van der Waals surface area contributed by atoms with Gasteiger partial charge >= 0.3 is 0 Å². The minimum atomic E-state index is -3.61. The van der Waals surface area contributed by atoms with Crippen molar-refractivity contribution in [2.24, 2.45) is 5.92 Å². The number of sulfone groups is 1. The molecule has 1 aliphatic heterocycles. The van der Waals surface area contributed by atoms with Crippen LogP contribution in [0.2, 0.25) is 5.02 Å². The van der Waals surface area contributed by atoms with E-state index in [1.165, 1.54) is 19.5 Å². The Morgan fingerprint density at radius 2 is 1.94 bits per heavy atom. The van der Waals surface area contributed by atoms with Gasteiger partial charge in [0, 0.05) is 36.8 Å². The molecule has 0 aliphatic carbocycles. The van der Waals surface area contributed by atoms with Gasteiger partial charge in [-0.25, -0.2) is 23.4 Å². The number of rotatable bonds is 9. The van der Waals surface area contributed by atoms with E-state index >= 15 is 0 Å². The van der Waals surface area contributed by atoms with Crippen molar-refractivity contribution in [1.29, 1.82) is 0 Å². The lowest BCUT2D eigenvalue weighted by Gasteiger charge is -2.27. The van der Waals surface area contributed by atoms with E-state index in [-0.39, 0.29) is 11.7 Å². The molecule has 0 spiro atoms. The van der Waals surface area contributed by atoms with Gasteiger partial charge in [0.1, 0.15) is 23.1 Å². The summed E-state index contributed by atoms with van der Waals surface area (Å²) < 4.78 is 39.0. The molecule has 0 amide bonds. The summed E-state index contributed by atoms with van der Waals surface area (Å²) in [6, 6.07) is 5.33. The first kappa shape index (κ1) is 23.5. The lowest BCUT2D eigenvalue weighted by molar-refractivity contribution is -0.0394. The lowest BCUT2D eigenvalue weighted by atomic mass is 10.1. The van der Waals surface area contributed by atoms with Crippen LogP contribution in [0.4, 0.5) is 0 Å². The largest absolute Gasteiger partial charge is 0.481 e. The first-order chi connectivity index (χ1) is 15.8. The van der Waals surface area contributed by atoms with E-state index in [1.54, 1.807) is 32.0 Å². The second-order valence-corrected chi connectivity index (χ2v) is 10.9. The Morgan fingerprint density at radius 1 is 1.21 bits per heavy atom. The molecule has 33 heavy (non-hydrogen) atoms. The molecule has 12 heteroatoms. The highest BCUT2D eigenvalue weighted by Gasteiger charge is 2.32. The van der Waals surface area contributed by atoms with E-state index < -0.39 is 21.0 Å². The Morgan fingerprint density at radius 3 is 2.58 bits per heavy atom. The average molecular weight is 493 g/mol. The monoisotopic (exact) mass is 492 g/mol. The van der Waals surface area contributed by atoms with Gasteiger partial charge in [0.05, 0.1) is 30.6 Å². The van der Waals surface area contributed by atoms with E-state index in [0.29, 0.717) is 53.8 Å². The highest BCUT2D eigenvalue weighted by molar-refractivity contribution is 7.91. The second kappa shape index (κ2) is 9.70. The molecule has 0 N–H and O–H groups in total. The zero-order valence-electron chi connectivity index (χ0n) is 18.5. The van der Waals surface area contributed by atoms with Crippen LogP contribution in [-0.2, 0) is 26.9 Å². The molecule has 10 nitrogen and oxygen atoms in total.